The monoisotopic (exact) mass is 396 g/mol. The van der Waals surface area contributed by atoms with E-state index in [1.807, 2.05) is 104 Å². The molecule has 0 aliphatic heterocycles. The zero-order valence-electron chi connectivity index (χ0n) is 17.0. The molecule has 4 aromatic carbocycles. The number of carbonyl (C=O) groups is 1. The normalized spacial score (nSPS) is 12.2. The van der Waals surface area contributed by atoms with Crippen molar-refractivity contribution in [3.8, 4) is 5.75 Å². The van der Waals surface area contributed by atoms with Crippen molar-refractivity contribution < 1.29 is 9.90 Å². The van der Waals surface area contributed by atoms with Crippen molar-refractivity contribution in [1.82, 2.24) is 10.4 Å². The predicted octanol–water partition coefficient (Wildman–Crippen LogP) is 4.93. The minimum atomic E-state index is -0.236. The first kappa shape index (κ1) is 19.8. The average molecular weight is 396 g/mol. The predicted molar refractivity (Wildman–Crippen MR) is 121 cm³/mol. The Morgan fingerprint density at radius 2 is 1.50 bits per heavy atom. The lowest BCUT2D eigenvalue weighted by Crippen LogP contribution is -2.35. The summed E-state index contributed by atoms with van der Waals surface area (Å²) in [6.45, 7) is 0. The van der Waals surface area contributed by atoms with Gasteiger partial charge in [-0.05, 0) is 28.5 Å². The van der Waals surface area contributed by atoms with Gasteiger partial charge in [-0.1, -0.05) is 78.9 Å². The maximum absolute atomic E-state index is 12.9. The van der Waals surface area contributed by atoms with E-state index in [0.717, 1.165) is 21.9 Å². The molecule has 2 N–H and O–H groups in total. The van der Waals surface area contributed by atoms with Crippen LogP contribution in [0.1, 0.15) is 33.1 Å². The maximum atomic E-state index is 12.9. The molecule has 4 aromatic rings. The number of aromatic hydroxyl groups is 1. The van der Waals surface area contributed by atoms with Crippen LogP contribution in [0.25, 0.3) is 10.8 Å². The van der Waals surface area contributed by atoms with E-state index in [0.29, 0.717) is 11.1 Å². The summed E-state index contributed by atoms with van der Waals surface area (Å²) in [6.07, 6.45) is 0. The van der Waals surface area contributed by atoms with Gasteiger partial charge in [0, 0.05) is 30.8 Å². The lowest BCUT2D eigenvalue weighted by atomic mass is 9.91. The minimum absolute atomic E-state index is 0.0156. The number of hydrogen-bond acceptors (Lipinski definition) is 4. The number of benzene rings is 4. The number of hydrazine groups is 1. The van der Waals surface area contributed by atoms with E-state index in [1.165, 1.54) is 0 Å². The van der Waals surface area contributed by atoms with Crippen molar-refractivity contribution in [2.75, 3.05) is 14.1 Å². The number of ketones is 1. The van der Waals surface area contributed by atoms with Gasteiger partial charge in [0.2, 0.25) is 0 Å². The molecule has 4 heteroatoms. The van der Waals surface area contributed by atoms with Gasteiger partial charge in [-0.15, -0.1) is 0 Å². The van der Waals surface area contributed by atoms with Gasteiger partial charge >= 0.3 is 0 Å². The summed E-state index contributed by atoms with van der Waals surface area (Å²) in [5, 5.41) is 14.5. The number of hydrogen-bond donors (Lipinski definition) is 2. The first-order chi connectivity index (χ1) is 14.5. The Balaban J connectivity index is 1.83. The van der Waals surface area contributed by atoms with Crippen LogP contribution in [0.15, 0.2) is 91.0 Å². The molecule has 0 spiro atoms. The molecule has 1 unspecified atom stereocenters. The molecule has 0 bridgehead atoms. The quantitative estimate of drug-likeness (QED) is 0.358. The Labute approximate surface area is 176 Å². The molecule has 0 heterocycles. The van der Waals surface area contributed by atoms with Crippen LogP contribution in [0.5, 0.6) is 5.75 Å². The van der Waals surface area contributed by atoms with Crippen LogP contribution in [-0.4, -0.2) is 30.0 Å². The maximum Gasteiger partial charge on any atom is 0.193 e. The van der Waals surface area contributed by atoms with Crippen molar-refractivity contribution in [1.29, 1.82) is 0 Å². The van der Waals surface area contributed by atoms with Gasteiger partial charge in [0.25, 0.3) is 0 Å². The lowest BCUT2D eigenvalue weighted by molar-refractivity contribution is 0.103. The second-order valence-corrected chi connectivity index (χ2v) is 7.50. The van der Waals surface area contributed by atoms with Gasteiger partial charge in [0.1, 0.15) is 5.75 Å². The number of fused-ring (bicyclic) bond motifs is 1. The van der Waals surface area contributed by atoms with Crippen molar-refractivity contribution >= 4 is 16.6 Å². The molecule has 0 radical (unpaired) electrons. The van der Waals surface area contributed by atoms with Crippen LogP contribution in [-0.2, 0) is 0 Å². The van der Waals surface area contributed by atoms with Crippen LogP contribution < -0.4 is 5.43 Å². The fraction of sp³-hybridized carbons (Fsp3) is 0.115. The molecule has 0 saturated heterocycles. The van der Waals surface area contributed by atoms with Crippen LogP contribution in [0.4, 0.5) is 0 Å². The molecule has 0 aliphatic carbocycles. The van der Waals surface area contributed by atoms with E-state index in [2.05, 4.69) is 5.43 Å². The molecular formula is C26H24N2O2. The lowest BCUT2D eigenvalue weighted by Gasteiger charge is -2.26. The third-order valence-corrected chi connectivity index (χ3v) is 5.15. The van der Waals surface area contributed by atoms with Crippen molar-refractivity contribution in [2.24, 2.45) is 0 Å². The Bertz CT molecular complexity index is 1170. The van der Waals surface area contributed by atoms with E-state index >= 15 is 0 Å². The topological polar surface area (TPSA) is 52.6 Å². The standard InChI is InChI=1S/C26H24N2O2/c1-28(2)27-25(18-9-5-3-6-10-18)24-22-15-13-21(17-20(22)14-16-23(24)29)26(30)19-11-7-4-8-12-19/h3-17,25,27,29H,1-2H3. The molecule has 0 amide bonds. The summed E-state index contributed by atoms with van der Waals surface area (Å²) in [7, 11) is 3.85. The van der Waals surface area contributed by atoms with Gasteiger partial charge in [-0.25, -0.2) is 10.4 Å². The second-order valence-electron chi connectivity index (χ2n) is 7.50. The number of phenolic OH excluding ortho intramolecular Hbond substituents is 1. The van der Waals surface area contributed by atoms with Crippen molar-refractivity contribution in [3.63, 3.8) is 0 Å². The minimum Gasteiger partial charge on any atom is -0.508 e. The molecule has 150 valence electrons. The Morgan fingerprint density at radius 1 is 0.833 bits per heavy atom. The fourth-order valence-corrected chi connectivity index (χ4v) is 3.75. The summed E-state index contributed by atoms with van der Waals surface area (Å²) in [6, 6.07) is 28.2. The highest BCUT2D eigenvalue weighted by molar-refractivity contribution is 6.10. The Hall–Kier alpha value is -3.47. The summed E-state index contributed by atoms with van der Waals surface area (Å²) in [5.74, 6) is 0.200. The van der Waals surface area contributed by atoms with Gasteiger partial charge in [-0.2, -0.15) is 0 Å². The molecule has 0 aromatic heterocycles. The molecular weight excluding hydrogens is 372 g/mol. The molecule has 30 heavy (non-hydrogen) atoms. The highest BCUT2D eigenvalue weighted by Crippen LogP contribution is 2.36. The summed E-state index contributed by atoms with van der Waals surface area (Å²) >= 11 is 0. The number of carbonyl (C=O) groups excluding carboxylic acids is 1. The number of phenols is 1. The van der Waals surface area contributed by atoms with Gasteiger partial charge < -0.3 is 5.11 Å². The second kappa shape index (κ2) is 8.49. The summed E-state index contributed by atoms with van der Waals surface area (Å²) in [4.78, 5) is 12.9. The molecule has 4 rings (SSSR count). The van der Waals surface area contributed by atoms with Crippen molar-refractivity contribution in [3.05, 3.63) is 113 Å². The first-order valence-electron chi connectivity index (χ1n) is 9.88. The zero-order valence-corrected chi connectivity index (χ0v) is 17.0. The third kappa shape index (κ3) is 3.96. The van der Waals surface area contributed by atoms with Crippen LogP contribution in [0.3, 0.4) is 0 Å². The zero-order chi connectivity index (χ0) is 21.1. The SMILES string of the molecule is CN(C)NC(c1ccccc1)c1c(O)ccc2cc(C(=O)c3ccccc3)ccc12. The smallest absolute Gasteiger partial charge is 0.193 e. The van der Waals surface area contributed by atoms with E-state index in [1.54, 1.807) is 6.07 Å². The largest absolute Gasteiger partial charge is 0.508 e. The molecule has 0 aliphatic rings. The highest BCUT2D eigenvalue weighted by Gasteiger charge is 2.21. The van der Waals surface area contributed by atoms with E-state index in [9.17, 15) is 9.90 Å². The van der Waals surface area contributed by atoms with E-state index in [4.69, 9.17) is 0 Å². The van der Waals surface area contributed by atoms with Gasteiger partial charge in [0.05, 0.1) is 6.04 Å². The van der Waals surface area contributed by atoms with Crippen LogP contribution >= 0.6 is 0 Å². The van der Waals surface area contributed by atoms with Gasteiger partial charge in [0.15, 0.2) is 5.78 Å². The Morgan fingerprint density at radius 3 is 2.17 bits per heavy atom. The highest BCUT2D eigenvalue weighted by atomic mass is 16.3. The van der Waals surface area contributed by atoms with Crippen LogP contribution in [0, 0.1) is 0 Å². The van der Waals surface area contributed by atoms with Gasteiger partial charge in [-0.3, -0.25) is 4.79 Å². The fourth-order valence-electron chi connectivity index (χ4n) is 3.75. The van der Waals surface area contributed by atoms with Crippen molar-refractivity contribution in [2.45, 2.75) is 6.04 Å². The molecule has 0 saturated carbocycles. The van der Waals surface area contributed by atoms with E-state index < -0.39 is 0 Å². The Kier molecular flexibility index (Phi) is 5.61. The summed E-state index contributed by atoms with van der Waals surface area (Å²) in [5.41, 5.74) is 6.53. The molecule has 0 fully saturated rings. The average Bonchev–Trinajstić information content (AvgIpc) is 2.78. The molecule has 1 atom stereocenters. The van der Waals surface area contributed by atoms with Crippen LogP contribution in [0.2, 0.25) is 0 Å². The number of nitrogens with zero attached hydrogens (tertiary/aromatic N) is 1. The number of rotatable bonds is 6. The third-order valence-electron chi connectivity index (χ3n) is 5.15. The summed E-state index contributed by atoms with van der Waals surface area (Å²) < 4.78 is 0. The molecule has 4 nitrogen and oxygen atoms in total. The first-order valence-corrected chi connectivity index (χ1v) is 9.88. The number of nitrogens with one attached hydrogen (secondary N) is 1. The van der Waals surface area contributed by atoms with E-state index in [-0.39, 0.29) is 17.6 Å².